The molecule has 2 aliphatic heterocycles. The number of thiazole rings is 1. The molecule has 3 amide bonds. The van der Waals surface area contributed by atoms with Crippen LogP contribution in [0.3, 0.4) is 0 Å². The van der Waals surface area contributed by atoms with Crippen molar-refractivity contribution in [1.82, 2.24) is 25.5 Å². The fourth-order valence-corrected chi connectivity index (χ4v) is 6.58. The number of aromatic hydroxyl groups is 2. The van der Waals surface area contributed by atoms with E-state index in [0.717, 1.165) is 40.1 Å². The summed E-state index contributed by atoms with van der Waals surface area (Å²) in [6.07, 6.45) is 1.28. The van der Waals surface area contributed by atoms with E-state index in [2.05, 4.69) is 25.8 Å². The van der Waals surface area contributed by atoms with Crippen LogP contribution in [0.15, 0.2) is 58.3 Å². The third-order valence-electron chi connectivity index (χ3n) is 7.36. The molecule has 0 saturated carbocycles. The van der Waals surface area contributed by atoms with E-state index in [0.29, 0.717) is 0 Å². The zero-order chi connectivity index (χ0) is 36.5. The van der Waals surface area contributed by atoms with Crippen LogP contribution in [0.4, 0.5) is 5.13 Å². The van der Waals surface area contributed by atoms with E-state index in [1.54, 1.807) is 0 Å². The lowest BCUT2D eigenvalue weighted by molar-refractivity contribution is -0.161. The molecule has 2 aliphatic rings. The number of oxime groups is 1. The number of benzene rings is 1. The first-order valence-corrected chi connectivity index (χ1v) is 16.2. The molecule has 2 atom stereocenters. The Bertz CT molecular complexity index is 2010. The van der Waals surface area contributed by atoms with E-state index < -0.39 is 75.4 Å². The summed E-state index contributed by atoms with van der Waals surface area (Å²) < 4.78 is 0. The number of carboxylic acid groups (broad SMARTS) is 2. The van der Waals surface area contributed by atoms with Gasteiger partial charge in [-0.1, -0.05) is 5.16 Å². The molecule has 0 bridgehead atoms. The molecule has 2 aromatic heterocycles. The van der Waals surface area contributed by atoms with Gasteiger partial charge in [0, 0.05) is 29.4 Å². The second-order valence-corrected chi connectivity index (χ2v) is 13.1. The van der Waals surface area contributed by atoms with E-state index in [1.807, 2.05) is 0 Å². The Labute approximate surface area is 289 Å². The number of nitrogens with two attached hydrogens (primary N) is 1. The van der Waals surface area contributed by atoms with Crippen molar-refractivity contribution in [3.05, 3.63) is 75.7 Å². The number of β-lactam (4-membered cyclic amide) rings is 1. The smallest absolute Gasteiger partial charge is 0.352 e. The molecule has 1 saturated heterocycles. The Kier molecular flexibility index (Phi) is 9.77. The fourth-order valence-electron chi connectivity index (χ4n) is 4.68. The number of nitrogen functional groups attached to an aromatic ring is 1. The van der Waals surface area contributed by atoms with E-state index in [1.165, 1.54) is 43.6 Å². The van der Waals surface area contributed by atoms with E-state index in [-0.39, 0.29) is 45.5 Å². The molecule has 0 aliphatic carbocycles. The SMILES string of the molecule is CC(C)(O/N=C(\C(=O)NC1C(=O)N2C(C(=O)O)=C(CNC(=O)c3cccnc3C(=O)c3ccc(O)c(O)c3)CS[C@H]12)c1csc(N)n1)C(=O)O. The summed E-state index contributed by atoms with van der Waals surface area (Å²) in [6.45, 7) is 2.08. The number of amides is 3. The lowest BCUT2D eigenvalue weighted by Crippen LogP contribution is -2.71. The number of ketones is 1. The summed E-state index contributed by atoms with van der Waals surface area (Å²) in [5.74, 6) is -7.06. The van der Waals surface area contributed by atoms with Crippen LogP contribution in [0, 0.1) is 0 Å². The number of aromatic nitrogens is 2. The van der Waals surface area contributed by atoms with Gasteiger partial charge >= 0.3 is 11.9 Å². The third kappa shape index (κ3) is 6.91. The summed E-state index contributed by atoms with van der Waals surface area (Å²) in [6, 6.07) is 4.89. The monoisotopic (exact) mass is 725 g/mol. The summed E-state index contributed by atoms with van der Waals surface area (Å²) in [7, 11) is 0. The molecule has 3 aromatic rings. The van der Waals surface area contributed by atoms with Crippen molar-refractivity contribution in [2.45, 2.75) is 30.9 Å². The van der Waals surface area contributed by atoms with Gasteiger partial charge < -0.3 is 41.6 Å². The minimum absolute atomic E-state index is 0.0216. The number of phenolic OH excluding ortho intramolecular Hbond substituents is 2. The molecule has 260 valence electrons. The average Bonchev–Trinajstić information content (AvgIpc) is 3.51. The van der Waals surface area contributed by atoms with E-state index in [4.69, 9.17) is 10.6 Å². The van der Waals surface area contributed by atoms with Crippen LogP contribution in [0.1, 0.15) is 46.0 Å². The summed E-state index contributed by atoms with van der Waals surface area (Å²) in [5, 5.41) is 48.1. The number of pyridine rings is 1. The highest BCUT2D eigenvalue weighted by molar-refractivity contribution is 8.00. The predicted molar refractivity (Wildman–Crippen MR) is 175 cm³/mol. The number of hydrogen-bond acceptors (Lipinski definition) is 15. The highest BCUT2D eigenvalue weighted by Crippen LogP contribution is 2.40. The average molecular weight is 726 g/mol. The largest absolute Gasteiger partial charge is 0.504 e. The number of anilines is 1. The number of nitrogens with zero attached hydrogens (tertiary/aromatic N) is 4. The fraction of sp³-hybridized carbons (Fsp3) is 0.233. The Morgan fingerprint density at radius 3 is 2.52 bits per heavy atom. The van der Waals surface area contributed by atoms with Gasteiger partial charge in [0.15, 0.2) is 22.3 Å². The van der Waals surface area contributed by atoms with Gasteiger partial charge in [0.05, 0.1) is 5.56 Å². The van der Waals surface area contributed by atoms with Gasteiger partial charge in [0.2, 0.25) is 11.4 Å². The Morgan fingerprint density at radius 1 is 1.14 bits per heavy atom. The molecule has 1 fully saturated rings. The van der Waals surface area contributed by atoms with Crippen LogP contribution >= 0.6 is 23.1 Å². The normalized spacial score (nSPS) is 17.4. The second-order valence-electron chi connectivity index (χ2n) is 11.2. The standard InChI is InChI=1S/C30H27N7O11S2/c1-30(2,28(46)47)48-36-19(15-11-50-29(31)34-15)24(42)35-20-25(43)37-21(27(44)45)13(10-49-26(20)37)9-33-23(41)14-4-3-7-32-18(14)22(40)12-5-6-16(38)17(39)8-12/h3-8,11,20,26,38-39H,9-10H2,1-2H3,(H2,31,34)(H,33,41)(H,35,42)(H,44,45)(H,46,47)/b36-19-/t20?,26-/m1/s1. The first-order chi connectivity index (χ1) is 23.6. The molecular weight excluding hydrogens is 699 g/mol. The van der Waals surface area contributed by atoms with Crippen molar-refractivity contribution in [3.63, 3.8) is 0 Å². The van der Waals surface area contributed by atoms with E-state index >= 15 is 0 Å². The number of thioether (sulfide) groups is 1. The molecular formula is C30H27N7O11S2. The van der Waals surface area contributed by atoms with Crippen molar-refractivity contribution in [2.75, 3.05) is 18.0 Å². The summed E-state index contributed by atoms with van der Waals surface area (Å²) >= 11 is 2.08. The van der Waals surface area contributed by atoms with Crippen molar-refractivity contribution in [3.8, 4) is 11.5 Å². The number of nitrogens with one attached hydrogen (secondary N) is 2. The van der Waals surface area contributed by atoms with Crippen LogP contribution in [-0.2, 0) is 24.0 Å². The van der Waals surface area contributed by atoms with Crippen molar-refractivity contribution in [1.29, 1.82) is 0 Å². The van der Waals surface area contributed by atoms with Gasteiger partial charge in [-0.15, -0.1) is 23.1 Å². The quantitative estimate of drug-likeness (QED) is 0.0440. The number of hydrogen-bond donors (Lipinski definition) is 7. The van der Waals surface area contributed by atoms with Gasteiger partial charge in [-0.25, -0.2) is 14.6 Å². The van der Waals surface area contributed by atoms with Gasteiger partial charge in [-0.05, 0) is 49.8 Å². The van der Waals surface area contributed by atoms with Crippen LogP contribution in [-0.4, -0.2) is 106 Å². The van der Waals surface area contributed by atoms with Gasteiger partial charge in [0.25, 0.3) is 17.7 Å². The second kappa shape index (κ2) is 13.8. The predicted octanol–water partition coefficient (Wildman–Crippen LogP) is 0.515. The van der Waals surface area contributed by atoms with Gasteiger partial charge in [-0.3, -0.25) is 29.1 Å². The number of carbonyl (C=O) groups is 6. The number of fused-ring (bicyclic) bond motifs is 1. The molecule has 50 heavy (non-hydrogen) atoms. The molecule has 8 N–H and O–H groups in total. The van der Waals surface area contributed by atoms with Crippen molar-refractivity contribution < 1.29 is 54.0 Å². The van der Waals surface area contributed by atoms with Crippen LogP contribution in [0.5, 0.6) is 11.5 Å². The first kappa shape index (κ1) is 35.3. The first-order valence-electron chi connectivity index (χ1n) is 14.3. The maximum absolute atomic E-state index is 13.3. The zero-order valence-electron chi connectivity index (χ0n) is 25.9. The molecule has 0 spiro atoms. The minimum atomic E-state index is -1.83. The minimum Gasteiger partial charge on any atom is -0.504 e. The Morgan fingerprint density at radius 2 is 1.88 bits per heavy atom. The van der Waals surface area contributed by atoms with Crippen molar-refractivity contribution >= 4 is 69.4 Å². The highest BCUT2D eigenvalue weighted by atomic mass is 32.2. The summed E-state index contributed by atoms with van der Waals surface area (Å²) in [5.41, 5.74) is 2.63. The molecule has 1 unspecified atom stereocenters. The molecule has 18 nitrogen and oxygen atoms in total. The third-order valence-corrected chi connectivity index (χ3v) is 9.38. The topological polar surface area (TPSA) is 284 Å². The number of carboxylic acids is 2. The molecule has 1 aromatic carbocycles. The molecule has 5 rings (SSSR count). The van der Waals surface area contributed by atoms with Crippen molar-refractivity contribution in [2.24, 2.45) is 5.16 Å². The molecule has 0 radical (unpaired) electrons. The van der Waals surface area contributed by atoms with Crippen LogP contribution < -0.4 is 16.4 Å². The molecule has 20 heteroatoms. The van der Waals surface area contributed by atoms with Gasteiger partial charge in [0.1, 0.15) is 28.5 Å². The number of phenols is 2. The lowest BCUT2D eigenvalue weighted by Gasteiger charge is -2.49. The number of aliphatic carboxylic acids is 2. The Balaban J connectivity index is 1.31. The van der Waals surface area contributed by atoms with Crippen LogP contribution in [0.2, 0.25) is 0 Å². The zero-order valence-corrected chi connectivity index (χ0v) is 27.6. The lowest BCUT2D eigenvalue weighted by atomic mass is 10.0. The highest BCUT2D eigenvalue weighted by Gasteiger charge is 2.54. The maximum atomic E-state index is 13.3. The Hall–Kier alpha value is -6.02. The summed E-state index contributed by atoms with van der Waals surface area (Å²) in [4.78, 5) is 90.8. The molecule has 4 heterocycles. The maximum Gasteiger partial charge on any atom is 0.352 e. The van der Waals surface area contributed by atoms with Gasteiger partial charge in [-0.2, -0.15) is 0 Å². The van der Waals surface area contributed by atoms with Crippen LogP contribution in [0.25, 0.3) is 0 Å². The number of rotatable bonds is 12. The number of carbonyl (C=O) groups excluding carboxylic acids is 4. The van der Waals surface area contributed by atoms with E-state index in [9.17, 15) is 49.2 Å².